The molecule has 1 aromatic heterocycles. The Balaban J connectivity index is 1.52. The summed E-state index contributed by atoms with van der Waals surface area (Å²) in [6, 6.07) is 22.1. The smallest absolute Gasteiger partial charge is 0.328 e. The first-order valence-corrected chi connectivity index (χ1v) is 13.1. The number of nitro benzene ring substituents is 1. The maximum atomic E-state index is 13.4. The number of nitro groups is 1. The van der Waals surface area contributed by atoms with E-state index in [0.717, 1.165) is 17.7 Å². The number of aliphatic carboxylic acids is 1. The summed E-state index contributed by atoms with van der Waals surface area (Å²) >= 11 is 2.47. The third-order valence-electron chi connectivity index (χ3n) is 5.16. The van der Waals surface area contributed by atoms with E-state index < -0.39 is 22.0 Å². The van der Waals surface area contributed by atoms with Gasteiger partial charge in [0.25, 0.3) is 5.69 Å². The van der Waals surface area contributed by atoms with Crippen LogP contribution in [0.4, 0.5) is 16.5 Å². The number of nitrogens with one attached hydrogen (secondary N) is 2. The highest BCUT2D eigenvalue weighted by Crippen LogP contribution is 2.38. The van der Waals surface area contributed by atoms with E-state index in [9.17, 15) is 24.5 Å². The topological polar surface area (TPSA) is 152 Å². The Morgan fingerprint density at radius 2 is 1.74 bits per heavy atom. The number of benzene rings is 3. The van der Waals surface area contributed by atoms with Crippen molar-refractivity contribution >= 4 is 57.4 Å². The minimum absolute atomic E-state index is 0.0528. The summed E-state index contributed by atoms with van der Waals surface area (Å²) in [7, 11) is 0. The van der Waals surface area contributed by atoms with Crippen LogP contribution < -0.4 is 10.6 Å². The summed E-state index contributed by atoms with van der Waals surface area (Å²) in [6.45, 7) is 0. The molecule has 1 heterocycles. The Morgan fingerprint density at radius 3 is 2.49 bits per heavy atom. The van der Waals surface area contributed by atoms with Gasteiger partial charge in [-0.2, -0.15) is 0 Å². The number of hydrogen-bond acceptors (Lipinski definition) is 8. The Hall–Kier alpha value is -4.81. The molecule has 3 aromatic carbocycles. The second-order valence-corrected chi connectivity index (χ2v) is 9.97. The molecule has 0 aliphatic carbocycles. The number of anilines is 2. The zero-order valence-electron chi connectivity index (χ0n) is 20.0. The second-order valence-electron chi connectivity index (χ2n) is 7.93. The first-order chi connectivity index (χ1) is 18.8. The van der Waals surface area contributed by atoms with Crippen molar-refractivity contribution in [3.63, 3.8) is 0 Å². The van der Waals surface area contributed by atoms with Gasteiger partial charge in [-0.05, 0) is 23.8 Å². The molecule has 0 aliphatic heterocycles. The molecule has 39 heavy (non-hydrogen) atoms. The number of carbonyl (C=O) groups excluding carboxylic acids is 2. The first-order valence-electron chi connectivity index (χ1n) is 11.3. The minimum atomic E-state index is -1.23. The zero-order chi connectivity index (χ0) is 27.8. The zero-order valence-corrected chi connectivity index (χ0v) is 21.6. The van der Waals surface area contributed by atoms with Crippen molar-refractivity contribution in [2.45, 2.75) is 10.1 Å². The van der Waals surface area contributed by atoms with Crippen LogP contribution in [-0.2, 0) is 14.4 Å². The lowest BCUT2D eigenvalue weighted by Crippen LogP contribution is -2.19. The third kappa shape index (κ3) is 7.60. The number of hydrogen-bond donors (Lipinski definition) is 3. The van der Waals surface area contributed by atoms with Gasteiger partial charge >= 0.3 is 5.97 Å². The van der Waals surface area contributed by atoms with Gasteiger partial charge in [0.2, 0.25) is 11.8 Å². The van der Waals surface area contributed by atoms with E-state index >= 15 is 0 Å². The standard InChI is InChI=1S/C27H20N4O6S2/c32-23(12-13-24(33)34)28-19-9-5-11-21(15-19)39-25(17-6-2-1-3-7-17)26(35)30-27-29-22(16-38-27)18-8-4-10-20(14-18)31(36)37/h1-16,25H,(H,28,32)(H,33,34)(H,29,30,35)/b13-12+. The van der Waals surface area contributed by atoms with E-state index in [4.69, 9.17) is 5.11 Å². The molecule has 1 unspecified atom stereocenters. The fourth-order valence-corrected chi connectivity index (χ4v) is 5.23. The van der Waals surface area contributed by atoms with Crippen LogP contribution in [0.1, 0.15) is 10.8 Å². The molecule has 0 spiro atoms. The predicted octanol–water partition coefficient (Wildman–Crippen LogP) is 5.77. The molecule has 10 nitrogen and oxygen atoms in total. The number of amides is 2. The molecule has 2 amide bonds. The molecule has 0 aliphatic rings. The van der Waals surface area contributed by atoms with Crippen LogP contribution in [0.3, 0.4) is 0 Å². The largest absolute Gasteiger partial charge is 0.478 e. The quantitative estimate of drug-likeness (QED) is 0.0957. The second kappa shape index (κ2) is 12.6. The average Bonchev–Trinajstić information content (AvgIpc) is 3.40. The highest BCUT2D eigenvalue weighted by Gasteiger charge is 2.23. The Kier molecular flexibility index (Phi) is 8.82. The number of thioether (sulfide) groups is 1. The lowest BCUT2D eigenvalue weighted by Gasteiger charge is -2.17. The van der Waals surface area contributed by atoms with E-state index in [1.807, 2.05) is 30.3 Å². The normalized spacial score (nSPS) is 11.6. The van der Waals surface area contributed by atoms with Crippen molar-refractivity contribution in [2.75, 3.05) is 10.6 Å². The summed E-state index contributed by atoms with van der Waals surface area (Å²) in [5.41, 5.74) is 2.20. The predicted molar refractivity (Wildman–Crippen MR) is 150 cm³/mol. The van der Waals surface area contributed by atoms with Gasteiger partial charge < -0.3 is 15.7 Å². The van der Waals surface area contributed by atoms with Gasteiger partial charge in [0.05, 0.1) is 10.6 Å². The van der Waals surface area contributed by atoms with Gasteiger partial charge in [-0.3, -0.25) is 19.7 Å². The van der Waals surface area contributed by atoms with Gasteiger partial charge in [0.1, 0.15) is 5.25 Å². The maximum Gasteiger partial charge on any atom is 0.328 e. The Bertz CT molecular complexity index is 1550. The molecule has 0 fully saturated rings. The molecule has 0 bridgehead atoms. The highest BCUT2D eigenvalue weighted by atomic mass is 32.2. The number of carboxylic acids is 1. The van der Waals surface area contributed by atoms with E-state index in [0.29, 0.717) is 27.0 Å². The molecule has 1 atom stereocenters. The molecule has 0 saturated carbocycles. The molecule has 0 radical (unpaired) electrons. The molecular formula is C27H20N4O6S2. The third-order valence-corrected chi connectivity index (χ3v) is 7.17. The SMILES string of the molecule is O=C(O)/C=C/C(=O)Nc1cccc(SC(C(=O)Nc2nc(-c3cccc([N+](=O)[O-])c3)cs2)c2ccccc2)c1. The van der Waals surface area contributed by atoms with Crippen molar-refractivity contribution in [3.8, 4) is 11.3 Å². The molecule has 0 saturated heterocycles. The molecule has 4 rings (SSSR count). The monoisotopic (exact) mass is 560 g/mol. The van der Waals surface area contributed by atoms with Gasteiger partial charge in [0, 0.05) is 45.8 Å². The summed E-state index contributed by atoms with van der Waals surface area (Å²) in [5, 5.41) is 26.6. The van der Waals surface area contributed by atoms with Gasteiger partial charge in [-0.1, -0.05) is 48.5 Å². The summed E-state index contributed by atoms with van der Waals surface area (Å²) < 4.78 is 0. The minimum Gasteiger partial charge on any atom is -0.478 e. The lowest BCUT2D eigenvalue weighted by atomic mass is 10.1. The van der Waals surface area contributed by atoms with Gasteiger partial charge in [-0.15, -0.1) is 23.1 Å². The van der Waals surface area contributed by atoms with Gasteiger partial charge in [0.15, 0.2) is 5.13 Å². The lowest BCUT2D eigenvalue weighted by molar-refractivity contribution is -0.384. The van der Waals surface area contributed by atoms with Crippen molar-refractivity contribution < 1.29 is 24.4 Å². The number of thiazole rings is 1. The summed E-state index contributed by atoms with van der Waals surface area (Å²) in [4.78, 5) is 51.8. The Labute approximate surface area is 230 Å². The van der Waals surface area contributed by atoms with Crippen molar-refractivity contribution in [1.29, 1.82) is 0 Å². The molecule has 12 heteroatoms. The number of carboxylic acid groups (broad SMARTS) is 1. The molecule has 3 N–H and O–H groups in total. The number of non-ortho nitro benzene ring substituents is 1. The van der Waals surface area contributed by atoms with E-state index in [-0.39, 0.29) is 11.6 Å². The summed E-state index contributed by atoms with van der Waals surface area (Å²) in [5.74, 6) is -2.16. The molecule has 4 aromatic rings. The summed E-state index contributed by atoms with van der Waals surface area (Å²) in [6.07, 6.45) is 1.66. The van der Waals surface area contributed by atoms with Gasteiger partial charge in [-0.25, -0.2) is 9.78 Å². The van der Waals surface area contributed by atoms with Crippen LogP contribution in [0.25, 0.3) is 11.3 Å². The molecule has 196 valence electrons. The Morgan fingerprint density at radius 1 is 0.974 bits per heavy atom. The number of rotatable bonds is 10. The number of aromatic nitrogens is 1. The number of carbonyl (C=O) groups is 3. The molecular weight excluding hydrogens is 540 g/mol. The van der Waals surface area contributed by atoms with Crippen molar-refractivity contribution in [2.24, 2.45) is 0 Å². The fourth-order valence-electron chi connectivity index (χ4n) is 3.43. The van der Waals surface area contributed by atoms with E-state index in [2.05, 4.69) is 15.6 Å². The number of nitrogens with zero attached hydrogens (tertiary/aromatic N) is 2. The first kappa shape index (κ1) is 27.2. The van der Waals surface area contributed by atoms with Crippen LogP contribution in [-0.4, -0.2) is 32.8 Å². The van der Waals surface area contributed by atoms with E-state index in [1.54, 1.807) is 41.8 Å². The van der Waals surface area contributed by atoms with Crippen LogP contribution in [0.5, 0.6) is 0 Å². The average molecular weight is 561 g/mol. The van der Waals surface area contributed by atoms with Crippen molar-refractivity contribution in [1.82, 2.24) is 4.98 Å². The van der Waals surface area contributed by atoms with Crippen LogP contribution in [0.15, 0.2) is 101 Å². The van der Waals surface area contributed by atoms with E-state index in [1.165, 1.54) is 35.2 Å². The maximum absolute atomic E-state index is 13.4. The highest BCUT2D eigenvalue weighted by molar-refractivity contribution is 8.00. The van der Waals surface area contributed by atoms with Crippen LogP contribution in [0, 0.1) is 10.1 Å². The van der Waals surface area contributed by atoms with Crippen LogP contribution in [0.2, 0.25) is 0 Å². The van der Waals surface area contributed by atoms with Crippen molar-refractivity contribution in [3.05, 3.63) is 112 Å². The van der Waals surface area contributed by atoms with Crippen LogP contribution >= 0.6 is 23.1 Å². The fraction of sp³-hybridized carbons (Fsp3) is 0.0370.